The molecule has 6 nitrogen and oxygen atoms in total. The molecule has 4 atom stereocenters. The molecule has 0 amide bonds. The normalized spacial score (nSPS) is 32.8. The molecular weight excluding hydrogens is 286 g/mol. The topological polar surface area (TPSA) is 88.0 Å². The molecule has 1 saturated carbocycles. The molecule has 22 heavy (non-hydrogen) atoms. The molecule has 4 rings (SSSR count). The third kappa shape index (κ3) is 2.14. The Bertz CT molecular complexity index is 617. The summed E-state index contributed by atoms with van der Waals surface area (Å²) >= 11 is 0. The molecule has 3 unspecified atom stereocenters. The molecule has 0 radical (unpaired) electrons. The van der Waals surface area contributed by atoms with Crippen molar-refractivity contribution < 1.29 is 24.5 Å². The molecule has 118 valence electrons. The number of hydrogen-bond acceptors (Lipinski definition) is 5. The summed E-state index contributed by atoms with van der Waals surface area (Å²) in [7, 11) is 0. The first-order valence-electron chi connectivity index (χ1n) is 7.72. The highest BCUT2D eigenvalue weighted by atomic mass is 16.7. The van der Waals surface area contributed by atoms with E-state index in [-0.39, 0.29) is 30.4 Å². The summed E-state index contributed by atoms with van der Waals surface area (Å²) < 4.78 is 10.7. The highest BCUT2D eigenvalue weighted by molar-refractivity contribution is 5.91. The largest absolute Gasteiger partial charge is 0.478 e. The molecule has 0 bridgehead atoms. The summed E-state index contributed by atoms with van der Waals surface area (Å²) in [6.07, 6.45) is 2.03. The summed E-state index contributed by atoms with van der Waals surface area (Å²) in [5.74, 6) is 0.489. The standard InChI is InChI=1S/C16H19NO5/c18-9-3-8-1-2-17-15(8)11(4-9)10-5-13-14(22-7-21-13)6-12(10)16(19)20/h5-6,8-9,11,15,17-18H,1-4,7H2,(H,19,20)/t8?,9-,11?,15?/m0/s1. The van der Waals surface area contributed by atoms with E-state index in [0.29, 0.717) is 23.8 Å². The van der Waals surface area contributed by atoms with Gasteiger partial charge in [0.2, 0.25) is 6.79 Å². The smallest absolute Gasteiger partial charge is 0.336 e. The number of aliphatic hydroxyl groups excluding tert-OH is 1. The van der Waals surface area contributed by atoms with Gasteiger partial charge in [0.1, 0.15) is 0 Å². The fraction of sp³-hybridized carbons (Fsp3) is 0.562. The molecule has 1 aromatic carbocycles. The van der Waals surface area contributed by atoms with Crippen LogP contribution < -0.4 is 14.8 Å². The van der Waals surface area contributed by atoms with Gasteiger partial charge in [0.05, 0.1) is 11.7 Å². The van der Waals surface area contributed by atoms with Crippen molar-refractivity contribution in [3.05, 3.63) is 23.3 Å². The SMILES string of the molecule is O=C(O)c1cc2c(cc1C1C[C@@H](O)CC3CCNC31)OCO2. The van der Waals surface area contributed by atoms with Crippen molar-refractivity contribution >= 4 is 5.97 Å². The van der Waals surface area contributed by atoms with E-state index >= 15 is 0 Å². The first-order valence-corrected chi connectivity index (χ1v) is 7.72. The van der Waals surface area contributed by atoms with Crippen LogP contribution in [0.15, 0.2) is 12.1 Å². The van der Waals surface area contributed by atoms with Crippen molar-refractivity contribution in [1.29, 1.82) is 0 Å². The Morgan fingerprint density at radius 1 is 1.23 bits per heavy atom. The molecule has 1 saturated heterocycles. The average molecular weight is 305 g/mol. The summed E-state index contributed by atoms with van der Waals surface area (Å²) in [6.45, 7) is 1.04. The Morgan fingerprint density at radius 2 is 2.00 bits per heavy atom. The van der Waals surface area contributed by atoms with E-state index in [4.69, 9.17) is 9.47 Å². The van der Waals surface area contributed by atoms with E-state index in [1.807, 2.05) is 0 Å². The molecule has 6 heteroatoms. The molecule has 1 aliphatic carbocycles. The summed E-state index contributed by atoms with van der Waals surface area (Å²) in [6, 6.07) is 3.55. The highest BCUT2D eigenvalue weighted by Gasteiger charge is 2.42. The van der Waals surface area contributed by atoms with Crippen molar-refractivity contribution in [2.24, 2.45) is 5.92 Å². The number of aromatic carboxylic acids is 1. The third-order valence-electron chi connectivity index (χ3n) is 5.11. The van der Waals surface area contributed by atoms with E-state index in [0.717, 1.165) is 24.9 Å². The van der Waals surface area contributed by atoms with Crippen LogP contribution in [-0.4, -0.2) is 41.7 Å². The van der Waals surface area contributed by atoms with Gasteiger partial charge in [-0.1, -0.05) is 0 Å². The van der Waals surface area contributed by atoms with Gasteiger partial charge in [-0.3, -0.25) is 0 Å². The van der Waals surface area contributed by atoms with E-state index in [1.54, 1.807) is 12.1 Å². The maximum Gasteiger partial charge on any atom is 0.336 e. The van der Waals surface area contributed by atoms with E-state index < -0.39 is 5.97 Å². The molecule has 3 N–H and O–H groups in total. The summed E-state index contributed by atoms with van der Waals surface area (Å²) in [5, 5.41) is 23.2. The van der Waals surface area contributed by atoms with Crippen LogP contribution >= 0.6 is 0 Å². The Labute approximate surface area is 128 Å². The molecule has 1 aromatic rings. The predicted octanol–water partition coefficient (Wildman–Crippen LogP) is 1.33. The Balaban J connectivity index is 1.78. The van der Waals surface area contributed by atoms with Gasteiger partial charge in [-0.15, -0.1) is 0 Å². The van der Waals surface area contributed by atoms with E-state index in [9.17, 15) is 15.0 Å². The first-order chi connectivity index (χ1) is 10.6. The molecular formula is C16H19NO5. The van der Waals surface area contributed by atoms with Gasteiger partial charge in [0.25, 0.3) is 0 Å². The average Bonchev–Trinajstić information content (AvgIpc) is 3.12. The fourth-order valence-electron chi connectivity index (χ4n) is 4.17. The molecule has 2 aliphatic heterocycles. The monoisotopic (exact) mass is 305 g/mol. The lowest BCUT2D eigenvalue weighted by Crippen LogP contribution is -2.41. The Kier molecular flexibility index (Phi) is 3.23. The van der Waals surface area contributed by atoms with Gasteiger partial charge in [0, 0.05) is 12.0 Å². The van der Waals surface area contributed by atoms with Gasteiger partial charge in [0.15, 0.2) is 11.5 Å². The van der Waals surface area contributed by atoms with Gasteiger partial charge < -0.3 is 25.0 Å². The third-order valence-corrected chi connectivity index (χ3v) is 5.11. The summed E-state index contributed by atoms with van der Waals surface area (Å²) in [5.41, 5.74) is 0.982. The lowest BCUT2D eigenvalue weighted by atomic mass is 9.72. The summed E-state index contributed by atoms with van der Waals surface area (Å²) in [4.78, 5) is 11.7. The molecule has 2 heterocycles. The van der Waals surface area contributed by atoms with Gasteiger partial charge in [-0.25, -0.2) is 4.79 Å². The Morgan fingerprint density at radius 3 is 2.77 bits per heavy atom. The minimum absolute atomic E-state index is 0.0168. The number of ether oxygens (including phenoxy) is 2. The lowest BCUT2D eigenvalue weighted by molar-refractivity contribution is 0.0679. The number of benzene rings is 1. The second-order valence-electron chi connectivity index (χ2n) is 6.36. The van der Waals surface area contributed by atoms with Gasteiger partial charge >= 0.3 is 5.97 Å². The zero-order chi connectivity index (χ0) is 15.3. The first kappa shape index (κ1) is 13.8. The van der Waals surface area contributed by atoms with Crippen LogP contribution in [-0.2, 0) is 0 Å². The van der Waals surface area contributed by atoms with Crippen LogP contribution in [0.25, 0.3) is 0 Å². The number of hydrogen-bond donors (Lipinski definition) is 3. The zero-order valence-corrected chi connectivity index (χ0v) is 12.1. The zero-order valence-electron chi connectivity index (χ0n) is 12.1. The van der Waals surface area contributed by atoms with Crippen molar-refractivity contribution in [2.75, 3.05) is 13.3 Å². The quantitative estimate of drug-likeness (QED) is 0.764. The number of rotatable bonds is 2. The van der Waals surface area contributed by atoms with Crippen molar-refractivity contribution in [1.82, 2.24) is 5.32 Å². The predicted molar refractivity (Wildman–Crippen MR) is 77.4 cm³/mol. The number of nitrogens with one attached hydrogen (secondary N) is 1. The van der Waals surface area contributed by atoms with Crippen molar-refractivity contribution in [3.8, 4) is 11.5 Å². The van der Waals surface area contributed by atoms with Crippen LogP contribution in [0.3, 0.4) is 0 Å². The van der Waals surface area contributed by atoms with Crippen LogP contribution in [0.2, 0.25) is 0 Å². The minimum Gasteiger partial charge on any atom is -0.478 e. The van der Waals surface area contributed by atoms with E-state index in [1.165, 1.54) is 0 Å². The number of fused-ring (bicyclic) bond motifs is 2. The van der Waals surface area contributed by atoms with Crippen LogP contribution in [0, 0.1) is 5.92 Å². The van der Waals surface area contributed by atoms with E-state index in [2.05, 4.69) is 5.32 Å². The van der Waals surface area contributed by atoms with Gasteiger partial charge in [-0.05, 0) is 49.4 Å². The molecule has 3 aliphatic rings. The van der Waals surface area contributed by atoms with Gasteiger partial charge in [-0.2, -0.15) is 0 Å². The molecule has 0 aromatic heterocycles. The lowest BCUT2D eigenvalue weighted by Gasteiger charge is -2.37. The molecule has 2 fully saturated rings. The second kappa shape index (κ2) is 5.14. The van der Waals surface area contributed by atoms with Crippen LogP contribution in [0.4, 0.5) is 0 Å². The van der Waals surface area contributed by atoms with Crippen molar-refractivity contribution in [3.63, 3.8) is 0 Å². The maximum atomic E-state index is 11.7. The second-order valence-corrected chi connectivity index (χ2v) is 6.36. The van der Waals surface area contributed by atoms with Crippen LogP contribution in [0.5, 0.6) is 11.5 Å². The fourth-order valence-corrected chi connectivity index (χ4v) is 4.17. The number of carboxylic acid groups (broad SMARTS) is 1. The highest BCUT2D eigenvalue weighted by Crippen LogP contribution is 2.45. The minimum atomic E-state index is -0.970. The van der Waals surface area contributed by atoms with Crippen molar-refractivity contribution in [2.45, 2.75) is 37.3 Å². The number of carboxylic acids is 1. The number of carbonyl (C=O) groups is 1. The Hall–Kier alpha value is -1.79. The maximum absolute atomic E-state index is 11.7. The van der Waals surface area contributed by atoms with Crippen LogP contribution in [0.1, 0.15) is 41.1 Å². The number of aliphatic hydroxyl groups is 1. The molecule has 0 spiro atoms.